The first-order valence-electron chi connectivity index (χ1n) is 5.15. The highest BCUT2D eigenvalue weighted by atomic mass is 16.5. The quantitative estimate of drug-likeness (QED) is 0.836. The van der Waals surface area contributed by atoms with E-state index in [1.807, 2.05) is 24.3 Å². The fraction of sp³-hybridized carbons (Fsp3) is 0.250. The lowest BCUT2D eigenvalue weighted by Gasteiger charge is -2.04. The summed E-state index contributed by atoms with van der Waals surface area (Å²) in [5.74, 6) is 2.57. The fourth-order valence-corrected chi connectivity index (χ4v) is 1.37. The average Bonchev–Trinajstić information content (AvgIpc) is 2.83. The van der Waals surface area contributed by atoms with Crippen LogP contribution in [-0.4, -0.2) is 18.6 Å². The van der Waals surface area contributed by atoms with Gasteiger partial charge >= 0.3 is 0 Å². The van der Waals surface area contributed by atoms with Crippen LogP contribution in [0, 0.1) is 0 Å². The number of aromatic nitrogens is 1. The molecule has 2 heterocycles. The number of rotatable bonds is 5. The van der Waals surface area contributed by atoms with E-state index in [1.165, 1.54) is 0 Å². The second-order valence-electron chi connectivity index (χ2n) is 3.34. The lowest BCUT2D eigenvalue weighted by Crippen LogP contribution is -2.05. The van der Waals surface area contributed by atoms with Crippen molar-refractivity contribution in [1.29, 1.82) is 0 Å². The average molecular weight is 218 g/mol. The third-order valence-corrected chi connectivity index (χ3v) is 2.23. The van der Waals surface area contributed by atoms with Gasteiger partial charge in [0.15, 0.2) is 0 Å². The van der Waals surface area contributed by atoms with Crippen LogP contribution in [-0.2, 0) is 6.42 Å². The first-order chi connectivity index (χ1) is 7.88. The molecule has 2 aromatic heterocycles. The molecule has 2 aromatic rings. The third kappa shape index (κ3) is 2.76. The van der Waals surface area contributed by atoms with Gasteiger partial charge in [0.1, 0.15) is 17.3 Å². The summed E-state index contributed by atoms with van der Waals surface area (Å²) in [4.78, 5) is 4.20. The van der Waals surface area contributed by atoms with Crippen LogP contribution in [0.1, 0.15) is 5.76 Å². The summed E-state index contributed by atoms with van der Waals surface area (Å²) in [6.45, 7) is 0.798. The molecule has 16 heavy (non-hydrogen) atoms. The molecule has 4 heteroatoms. The minimum atomic E-state index is 0.761. The van der Waals surface area contributed by atoms with Crippen LogP contribution in [0.4, 0.5) is 5.82 Å². The summed E-state index contributed by atoms with van der Waals surface area (Å²) in [5.41, 5.74) is 0. The maximum Gasteiger partial charge on any atom is 0.137 e. The van der Waals surface area contributed by atoms with Gasteiger partial charge < -0.3 is 14.5 Å². The Bertz CT molecular complexity index is 409. The van der Waals surface area contributed by atoms with Crippen LogP contribution in [0.15, 0.2) is 41.1 Å². The van der Waals surface area contributed by atoms with Crippen molar-refractivity contribution in [2.75, 3.05) is 19.0 Å². The number of ether oxygens (including phenoxy) is 1. The van der Waals surface area contributed by atoms with Gasteiger partial charge in [-0.1, -0.05) is 0 Å². The molecule has 0 aromatic carbocycles. The zero-order valence-electron chi connectivity index (χ0n) is 9.14. The molecule has 2 rings (SSSR count). The molecule has 84 valence electrons. The lowest BCUT2D eigenvalue weighted by molar-refractivity contribution is 0.413. The van der Waals surface area contributed by atoms with Gasteiger partial charge in [0.25, 0.3) is 0 Å². The van der Waals surface area contributed by atoms with Crippen LogP contribution >= 0.6 is 0 Å². The molecule has 1 N–H and O–H groups in total. The smallest absolute Gasteiger partial charge is 0.137 e. The number of pyridine rings is 1. The molecular weight excluding hydrogens is 204 g/mol. The molecule has 4 nitrogen and oxygen atoms in total. The van der Waals surface area contributed by atoms with Gasteiger partial charge in [-0.3, -0.25) is 0 Å². The topological polar surface area (TPSA) is 47.3 Å². The summed E-state index contributed by atoms with van der Waals surface area (Å²) < 4.78 is 10.3. The fourth-order valence-electron chi connectivity index (χ4n) is 1.37. The van der Waals surface area contributed by atoms with E-state index in [4.69, 9.17) is 9.15 Å². The Kier molecular flexibility index (Phi) is 3.43. The van der Waals surface area contributed by atoms with E-state index in [1.54, 1.807) is 19.6 Å². The summed E-state index contributed by atoms with van der Waals surface area (Å²) in [5, 5.41) is 3.21. The molecule has 0 saturated heterocycles. The predicted octanol–water partition coefficient (Wildman–Crippen LogP) is 2.34. The Morgan fingerprint density at radius 1 is 1.38 bits per heavy atom. The molecule has 0 radical (unpaired) electrons. The molecule has 0 aliphatic heterocycles. The van der Waals surface area contributed by atoms with Crippen LogP contribution in [0.3, 0.4) is 0 Å². The van der Waals surface area contributed by atoms with Gasteiger partial charge in [-0.15, -0.1) is 0 Å². The molecule has 0 unspecified atom stereocenters. The predicted molar refractivity (Wildman–Crippen MR) is 61.7 cm³/mol. The van der Waals surface area contributed by atoms with Crippen LogP contribution < -0.4 is 10.1 Å². The number of hydrogen-bond donors (Lipinski definition) is 1. The second kappa shape index (κ2) is 5.21. The van der Waals surface area contributed by atoms with E-state index >= 15 is 0 Å². The molecule has 0 fully saturated rings. The van der Waals surface area contributed by atoms with Crippen LogP contribution in [0.5, 0.6) is 5.75 Å². The van der Waals surface area contributed by atoms with Crippen molar-refractivity contribution in [2.24, 2.45) is 0 Å². The van der Waals surface area contributed by atoms with Crippen LogP contribution in [0.2, 0.25) is 0 Å². The molecule has 0 bridgehead atoms. The molecule has 0 aliphatic rings. The SMILES string of the molecule is COc1ccc(NCCc2ccco2)nc1. The van der Waals surface area contributed by atoms with Crippen molar-refractivity contribution in [3.8, 4) is 5.75 Å². The highest BCUT2D eigenvalue weighted by Crippen LogP contribution is 2.11. The van der Waals surface area contributed by atoms with Crippen molar-refractivity contribution in [3.63, 3.8) is 0 Å². The third-order valence-electron chi connectivity index (χ3n) is 2.23. The van der Waals surface area contributed by atoms with Crippen molar-refractivity contribution >= 4 is 5.82 Å². The summed E-state index contributed by atoms with van der Waals surface area (Å²) >= 11 is 0. The highest BCUT2D eigenvalue weighted by Gasteiger charge is 1.97. The van der Waals surface area contributed by atoms with Crippen LogP contribution in [0.25, 0.3) is 0 Å². The van der Waals surface area contributed by atoms with Gasteiger partial charge in [0.2, 0.25) is 0 Å². The van der Waals surface area contributed by atoms with Gasteiger partial charge in [-0.2, -0.15) is 0 Å². The largest absolute Gasteiger partial charge is 0.495 e. The number of methoxy groups -OCH3 is 1. The molecular formula is C12H14N2O2. The monoisotopic (exact) mass is 218 g/mol. The summed E-state index contributed by atoms with van der Waals surface area (Å²) in [7, 11) is 1.63. The lowest BCUT2D eigenvalue weighted by atomic mass is 10.3. The number of furan rings is 1. The number of hydrogen-bond acceptors (Lipinski definition) is 4. The highest BCUT2D eigenvalue weighted by molar-refractivity contribution is 5.37. The van der Waals surface area contributed by atoms with E-state index in [0.29, 0.717) is 0 Å². The zero-order valence-corrected chi connectivity index (χ0v) is 9.14. The minimum absolute atomic E-state index is 0.761. The minimum Gasteiger partial charge on any atom is -0.495 e. The first kappa shape index (κ1) is 10.5. The molecule has 0 amide bonds. The second-order valence-corrected chi connectivity index (χ2v) is 3.34. The number of anilines is 1. The zero-order chi connectivity index (χ0) is 11.2. The van der Waals surface area contributed by atoms with E-state index in [9.17, 15) is 0 Å². The normalized spacial score (nSPS) is 10.1. The Labute approximate surface area is 94.3 Å². The van der Waals surface area contributed by atoms with E-state index in [-0.39, 0.29) is 0 Å². The molecule has 0 atom stereocenters. The molecule has 0 saturated carbocycles. The Hall–Kier alpha value is -1.97. The van der Waals surface area contributed by atoms with Gasteiger partial charge in [-0.25, -0.2) is 4.98 Å². The van der Waals surface area contributed by atoms with Crippen molar-refractivity contribution in [1.82, 2.24) is 4.98 Å². The number of nitrogens with one attached hydrogen (secondary N) is 1. The van der Waals surface area contributed by atoms with E-state index in [0.717, 1.165) is 30.3 Å². The maximum absolute atomic E-state index is 5.23. The standard InChI is InChI=1S/C12H14N2O2/c1-15-11-4-5-12(14-9-11)13-7-6-10-3-2-8-16-10/h2-5,8-9H,6-7H2,1H3,(H,13,14). The van der Waals surface area contributed by atoms with Crippen molar-refractivity contribution in [3.05, 3.63) is 42.5 Å². The Balaban J connectivity index is 1.81. The maximum atomic E-state index is 5.23. The summed E-state index contributed by atoms with van der Waals surface area (Å²) in [6.07, 6.45) is 4.22. The van der Waals surface area contributed by atoms with Gasteiger partial charge in [0.05, 0.1) is 19.6 Å². The summed E-state index contributed by atoms with van der Waals surface area (Å²) in [6, 6.07) is 7.62. The first-order valence-corrected chi connectivity index (χ1v) is 5.15. The van der Waals surface area contributed by atoms with Gasteiger partial charge in [-0.05, 0) is 24.3 Å². The Morgan fingerprint density at radius 2 is 2.31 bits per heavy atom. The number of nitrogens with zero attached hydrogens (tertiary/aromatic N) is 1. The molecule has 0 aliphatic carbocycles. The van der Waals surface area contributed by atoms with E-state index in [2.05, 4.69) is 10.3 Å². The van der Waals surface area contributed by atoms with E-state index < -0.39 is 0 Å². The Morgan fingerprint density at radius 3 is 2.94 bits per heavy atom. The molecule has 0 spiro atoms. The van der Waals surface area contributed by atoms with Crippen molar-refractivity contribution in [2.45, 2.75) is 6.42 Å². The van der Waals surface area contributed by atoms with Gasteiger partial charge in [0, 0.05) is 13.0 Å². The van der Waals surface area contributed by atoms with Crippen molar-refractivity contribution < 1.29 is 9.15 Å².